The van der Waals surface area contributed by atoms with Crippen LogP contribution in [0, 0.1) is 0 Å². The van der Waals surface area contributed by atoms with E-state index in [1.54, 1.807) is 36.4 Å². The van der Waals surface area contributed by atoms with Gasteiger partial charge in [-0.25, -0.2) is 0 Å². The second kappa shape index (κ2) is 6.28. The first kappa shape index (κ1) is 14.9. The van der Waals surface area contributed by atoms with Crippen LogP contribution in [0.2, 0.25) is 5.02 Å². The molecule has 0 aliphatic rings. The van der Waals surface area contributed by atoms with E-state index in [0.29, 0.717) is 27.5 Å². The number of rotatable bonds is 4. The molecule has 5 nitrogen and oxygen atoms in total. The van der Waals surface area contributed by atoms with Gasteiger partial charge in [-0.05, 0) is 35.9 Å². The van der Waals surface area contributed by atoms with Crippen molar-refractivity contribution in [2.24, 2.45) is 0 Å². The molecule has 0 aliphatic heterocycles. The molecule has 108 valence electrons. The van der Waals surface area contributed by atoms with Crippen LogP contribution in [0.1, 0.15) is 15.9 Å². The first-order chi connectivity index (χ1) is 9.95. The third-order valence-corrected chi connectivity index (χ3v) is 3.16. The summed E-state index contributed by atoms with van der Waals surface area (Å²) in [6, 6.07) is 11.2. The lowest BCUT2D eigenvalue weighted by molar-refractivity contribution is -0.136. The standard InChI is InChI=1S/C15H13ClN2O3/c16-12-8-10(3-6-13(12)17)15(21)18-11-4-1-9(2-5-11)7-14(19)20/h1-6,8H,7,17H2,(H,18,21)(H,19,20). The second-order valence-corrected chi connectivity index (χ2v) is 4.87. The quantitative estimate of drug-likeness (QED) is 0.757. The number of carbonyl (C=O) groups excluding carboxylic acids is 1. The first-order valence-electron chi connectivity index (χ1n) is 6.13. The summed E-state index contributed by atoms with van der Waals surface area (Å²) < 4.78 is 0. The van der Waals surface area contributed by atoms with Crippen LogP contribution in [0.4, 0.5) is 11.4 Å². The molecule has 2 aromatic rings. The van der Waals surface area contributed by atoms with Crippen molar-refractivity contribution >= 4 is 34.9 Å². The molecule has 4 N–H and O–H groups in total. The number of halogens is 1. The zero-order valence-electron chi connectivity index (χ0n) is 11.0. The summed E-state index contributed by atoms with van der Waals surface area (Å²) in [5.74, 6) is -1.22. The number of carboxylic acid groups (broad SMARTS) is 1. The van der Waals surface area contributed by atoms with E-state index in [4.69, 9.17) is 22.4 Å². The van der Waals surface area contributed by atoms with E-state index >= 15 is 0 Å². The maximum atomic E-state index is 12.0. The Morgan fingerprint density at radius 3 is 2.38 bits per heavy atom. The molecule has 0 aliphatic carbocycles. The Balaban J connectivity index is 2.08. The van der Waals surface area contributed by atoms with E-state index in [2.05, 4.69) is 5.32 Å². The van der Waals surface area contributed by atoms with E-state index in [0.717, 1.165) is 0 Å². The molecule has 0 saturated heterocycles. The van der Waals surface area contributed by atoms with Crippen LogP contribution in [0.15, 0.2) is 42.5 Å². The Labute approximate surface area is 126 Å². The number of aliphatic carboxylic acids is 1. The zero-order chi connectivity index (χ0) is 15.4. The average Bonchev–Trinajstić information content (AvgIpc) is 2.43. The third kappa shape index (κ3) is 3.97. The van der Waals surface area contributed by atoms with Gasteiger partial charge in [0.15, 0.2) is 0 Å². The molecule has 0 fully saturated rings. The van der Waals surface area contributed by atoms with Gasteiger partial charge >= 0.3 is 5.97 Å². The SMILES string of the molecule is Nc1ccc(C(=O)Nc2ccc(CC(=O)O)cc2)cc1Cl. The molecule has 6 heteroatoms. The van der Waals surface area contributed by atoms with Crippen LogP contribution >= 0.6 is 11.6 Å². The number of carbonyl (C=O) groups is 2. The molecule has 0 unspecified atom stereocenters. The lowest BCUT2D eigenvalue weighted by Gasteiger charge is -2.07. The van der Waals surface area contributed by atoms with Crippen LogP contribution in [-0.4, -0.2) is 17.0 Å². The highest BCUT2D eigenvalue weighted by molar-refractivity contribution is 6.33. The minimum absolute atomic E-state index is 0.0538. The third-order valence-electron chi connectivity index (χ3n) is 2.83. The van der Waals surface area contributed by atoms with Gasteiger partial charge in [-0.15, -0.1) is 0 Å². The topological polar surface area (TPSA) is 92.4 Å². The molecular formula is C15H13ClN2O3. The van der Waals surface area contributed by atoms with Crippen molar-refractivity contribution in [3.63, 3.8) is 0 Å². The van der Waals surface area contributed by atoms with Gasteiger partial charge in [0.2, 0.25) is 0 Å². The highest BCUT2D eigenvalue weighted by Gasteiger charge is 2.08. The summed E-state index contributed by atoms with van der Waals surface area (Å²) in [5.41, 5.74) is 7.62. The molecular weight excluding hydrogens is 292 g/mol. The number of nitrogens with two attached hydrogens (primary N) is 1. The Morgan fingerprint density at radius 2 is 1.81 bits per heavy atom. The van der Waals surface area contributed by atoms with Gasteiger partial charge < -0.3 is 16.2 Å². The van der Waals surface area contributed by atoms with Gasteiger partial charge in [0.05, 0.1) is 17.1 Å². The second-order valence-electron chi connectivity index (χ2n) is 4.46. The van der Waals surface area contributed by atoms with Crippen LogP contribution in [-0.2, 0) is 11.2 Å². The molecule has 0 spiro atoms. The average molecular weight is 305 g/mol. The van der Waals surface area contributed by atoms with Crippen LogP contribution < -0.4 is 11.1 Å². The molecule has 21 heavy (non-hydrogen) atoms. The molecule has 0 radical (unpaired) electrons. The Kier molecular flexibility index (Phi) is 4.45. The van der Waals surface area contributed by atoms with Crippen molar-refractivity contribution in [3.8, 4) is 0 Å². The summed E-state index contributed by atoms with van der Waals surface area (Å²) in [4.78, 5) is 22.6. The lowest BCUT2D eigenvalue weighted by Crippen LogP contribution is -2.12. The van der Waals surface area contributed by atoms with Crippen LogP contribution in [0.3, 0.4) is 0 Å². The highest BCUT2D eigenvalue weighted by Crippen LogP contribution is 2.20. The van der Waals surface area contributed by atoms with E-state index in [-0.39, 0.29) is 12.3 Å². The van der Waals surface area contributed by atoms with E-state index in [1.165, 1.54) is 6.07 Å². The van der Waals surface area contributed by atoms with Crippen molar-refractivity contribution in [1.29, 1.82) is 0 Å². The van der Waals surface area contributed by atoms with Crippen LogP contribution in [0.5, 0.6) is 0 Å². The van der Waals surface area contributed by atoms with E-state index in [9.17, 15) is 9.59 Å². The minimum atomic E-state index is -0.900. The Hall–Kier alpha value is -2.53. The molecule has 1 amide bonds. The lowest BCUT2D eigenvalue weighted by atomic mass is 10.1. The van der Waals surface area contributed by atoms with Crippen LogP contribution in [0.25, 0.3) is 0 Å². The van der Waals surface area contributed by atoms with Gasteiger partial charge in [-0.1, -0.05) is 23.7 Å². The largest absolute Gasteiger partial charge is 0.481 e. The summed E-state index contributed by atoms with van der Waals surface area (Å²) in [6.45, 7) is 0. The maximum absolute atomic E-state index is 12.0. The van der Waals surface area contributed by atoms with Gasteiger partial charge in [0, 0.05) is 11.3 Å². The predicted molar refractivity (Wildman–Crippen MR) is 81.6 cm³/mol. The number of hydrogen-bond donors (Lipinski definition) is 3. The number of carboxylic acids is 1. The number of nitrogens with one attached hydrogen (secondary N) is 1. The molecule has 0 atom stereocenters. The molecule has 0 heterocycles. The Bertz CT molecular complexity index is 684. The summed E-state index contributed by atoms with van der Waals surface area (Å²) in [5, 5.41) is 11.7. The van der Waals surface area contributed by atoms with Gasteiger partial charge in [-0.2, -0.15) is 0 Å². The van der Waals surface area contributed by atoms with Crippen molar-refractivity contribution < 1.29 is 14.7 Å². The summed E-state index contributed by atoms with van der Waals surface area (Å²) >= 11 is 5.87. The minimum Gasteiger partial charge on any atom is -0.481 e. The molecule has 0 saturated carbocycles. The fourth-order valence-corrected chi connectivity index (χ4v) is 1.93. The summed E-state index contributed by atoms with van der Waals surface area (Å²) in [6.07, 6.45) is -0.0538. The van der Waals surface area contributed by atoms with Gasteiger partial charge in [0.1, 0.15) is 0 Å². The molecule has 0 bridgehead atoms. The fourth-order valence-electron chi connectivity index (χ4n) is 1.75. The fraction of sp³-hybridized carbons (Fsp3) is 0.0667. The summed E-state index contributed by atoms with van der Waals surface area (Å²) in [7, 11) is 0. The number of hydrogen-bond acceptors (Lipinski definition) is 3. The highest BCUT2D eigenvalue weighted by atomic mass is 35.5. The van der Waals surface area contributed by atoms with Crippen molar-refractivity contribution in [1.82, 2.24) is 0 Å². The normalized spacial score (nSPS) is 10.1. The predicted octanol–water partition coefficient (Wildman–Crippen LogP) is 2.80. The van der Waals surface area contributed by atoms with Crippen molar-refractivity contribution in [3.05, 3.63) is 58.6 Å². The molecule has 2 aromatic carbocycles. The number of benzene rings is 2. The van der Waals surface area contributed by atoms with Gasteiger partial charge in [-0.3, -0.25) is 9.59 Å². The monoisotopic (exact) mass is 304 g/mol. The number of amides is 1. The molecule has 0 aromatic heterocycles. The smallest absolute Gasteiger partial charge is 0.307 e. The number of anilines is 2. The van der Waals surface area contributed by atoms with Gasteiger partial charge in [0.25, 0.3) is 5.91 Å². The number of nitrogen functional groups attached to an aromatic ring is 1. The van der Waals surface area contributed by atoms with E-state index < -0.39 is 5.97 Å². The zero-order valence-corrected chi connectivity index (χ0v) is 11.7. The van der Waals surface area contributed by atoms with E-state index in [1.807, 2.05) is 0 Å². The Morgan fingerprint density at radius 1 is 1.14 bits per heavy atom. The maximum Gasteiger partial charge on any atom is 0.307 e. The molecule has 2 rings (SSSR count). The van der Waals surface area contributed by atoms with Crippen molar-refractivity contribution in [2.75, 3.05) is 11.1 Å². The first-order valence-corrected chi connectivity index (χ1v) is 6.50. The van der Waals surface area contributed by atoms with Crippen molar-refractivity contribution in [2.45, 2.75) is 6.42 Å².